The third-order valence-electron chi connectivity index (χ3n) is 1.17. The van der Waals surface area contributed by atoms with E-state index in [4.69, 9.17) is 0 Å². The molecule has 0 amide bonds. The number of rotatable bonds is 2. The molecule has 1 rings (SSSR count). The van der Waals surface area contributed by atoms with E-state index in [-0.39, 0.29) is 0 Å². The van der Waals surface area contributed by atoms with Crippen LogP contribution in [-0.4, -0.2) is 12.2 Å². The van der Waals surface area contributed by atoms with Crippen LogP contribution in [0.4, 0.5) is 17.3 Å². The van der Waals surface area contributed by atoms with Gasteiger partial charge >= 0.3 is 7.25 Å². The average Bonchev–Trinajstić information content (AvgIpc) is 2.03. The van der Waals surface area contributed by atoms with Crippen molar-refractivity contribution >= 4 is 7.25 Å². The Labute approximate surface area is 79.7 Å². The number of halogens is 4. The monoisotopic (exact) mass is 210 g/mol. The van der Waals surface area contributed by atoms with E-state index in [0.29, 0.717) is 0 Å². The third-order valence-corrected chi connectivity index (χ3v) is 1.17. The minimum absolute atomic E-state index is 1.09. The van der Waals surface area contributed by atoms with E-state index < -0.39 is 7.25 Å². The molecular weight excluding hydrogens is 199 g/mol. The highest BCUT2D eigenvalue weighted by atomic mass is 19.5. The number of hydrogen-bond donors (Lipinski definition) is 0. The average molecular weight is 210 g/mol. The molecule has 0 bridgehead atoms. The van der Waals surface area contributed by atoms with Gasteiger partial charge in [0.2, 0.25) is 0 Å². The van der Waals surface area contributed by atoms with Gasteiger partial charge in [-0.15, -0.1) is 0 Å². The molecular formula is C7H11BF4N2. The molecule has 0 saturated carbocycles. The Kier molecular flexibility index (Phi) is 5.82. The molecule has 80 valence electrons. The lowest BCUT2D eigenvalue weighted by Gasteiger charge is -1.94. The molecule has 0 atom stereocenters. The molecule has 0 unspecified atom stereocenters. The molecule has 0 N–H and O–H groups in total. The fourth-order valence-electron chi connectivity index (χ4n) is 0.755. The molecule has 0 fully saturated rings. The van der Waals surface area contributed by atoms with Crippen molar-refractivity contribution < 1.29 is 21.8 Å². The van der Waals surface area contributed by atoms with Crippen LogP contribution in [0.2, 0.25) is 0 Å². The van der Waals surface area contributed by atoms with Crippen LogP contribution < -0.4 is 4.57 Å². The van der Waals surface area contributed by atoms with Gasteiger partial charge in [-0.1, -0.05) is 6.92 Å². The molecule has 0 radical (unpaired) electrons. The van der Waals surface area contributed by atoms with Gasteiger partial charge in [0.25, 0.3) is 0 Å². The highest BCUT2D eigenvalue weighted by Crippen LogP contribution is 2.06. The van der Waals surface area contributed by atoms with Crippen LogP contribution in [0, 0.1) is 0 Å². The summed E-state index contributed by atoms with van der Waals surface area (Å²) in [6.07, 6.45) is 8.73. The van der Waals surface area contributed by atoms with Crippen molar-refractivity contribution in [2.75, 3.05) is 0 Å². The number of aromatic nitrogens is 2. The molecule has 2 nitrogen and oxygen atoms in total. The van der Waals surface area contributed by atoms with Gasteiger partial charge < -0.3 is 17.3 Å². The van der Waals surface area contributed by atoms with E-state index >= 15 is 0 Å². The van der Waals surface area contributed by atoms with Crippen molar-refractivity contribution in [2.24, 2.45) is 0 Å². The normalized spacial score (nSPS) is 10.4. The predicted molar refractivity (Wildman–Crippen MR) is 44.9 cm³/mol. The van der Waals surface area contributed by atoms with Crippen LogP contribution in [-0.2, 0) is 6.54 Å². The summed E-state index contributed by atoms with van der Waals surface area (Å²) in [5.74, 6) is 0. The molecule has 0 saturated heterocycles. The van der Waals surface area contributed by atoms with E-state index in [9.17, 15) is 17.3 Å². The Bertz CT molecular complexity index is 233. The van der Waals surface area contributed by atoms with Crippen LogP contribution in [0.15, 0.2) is 24.8 Å². The van der Waals surface area contributed by atoms with E-state index in [1.807, 2.05) is 12.4 Å². The first-order chi connectivity index (χ1) is 6.43. The van der Waals surface area contributed by atoms with Crippen molar-refractivity contribution in [1.29, 1.82) is 0 Å². The van der Waals surface area contributed by atoms with Crippen molar-refractivity contribution in [3.05, 3.63) is 24.8 Å². The summed E-state index contributed by atoms with van der Waals surface area (Å²) in [7, 11) is -6.00. The quantitative estimate of drug-likeness (QED) is 0.414. The zero-order chi connectivity index (χ0) is 11.0. The van der Waals surface area contributed by atoms with Crippen LogP contribution in [0.5, 0.6) is 0 Å². The minimum Gasteiger partial charge on any atom is -0.418 e. The second-order valence-electron chi connectivity index (χ2n) is 2.48. The molecule has 0 spiro atoms. The van der Waals surface area contributed by atoms with Gasteiger partial charge in [-0.25, -0.2) is 4.57 Å². The summed E-state index contributed by atoms with van der Waals surface area (Å²) < 4.78 is 41.1. The van der Waals surface area contributed by atoms with Crippen molar-refractivity contribution in [3.8, 4) is 0 Å². The maximum atomic E-state index is 9.75. The maximum absolute atomic E-state index is 9.75. The number of nitrogens with zero attached hydrogens (tertiary/aromatic N) is 2. The fraction of sp³-hybridized carbons (Fsp3) is 0.429. The van der Waals surface area contributed by atoms with Crippen LogP contribution in [0.3, 0.4) is 0 Å². The van der Waals surface area contributed by atoms with Gasteiger partial charge in [0.15, 0.2) is 12.4 Å². The lowest BCUT2D eigenvalue weighted by Crippen LogP contribution is -2.31. The summed E-state index contributed by atoms with van der Waals surface area (Å²) in [5, 5.41) is 0. The first-order valence-corrected chi connectivity index (χ1v) is 4.10. The highest BCUT2D eigenvalue weighted by molar-refractivity contribution is 6.50. The van der Waals surface area contributed by atoms with Gasteiger partial charge in [0.1, 0.15) is 6.54 Å². The second kappa shape index (κ2) is 6.34. The summed E-state index contributed by atoms with van der Waals surface area (Å²) >= 11 is 0. The zero-order valence-electron chi connectivity index (χ0n) is 7.71. The second-order valence-corrected chi connectivity index (χ2v) is 2.48. The minimum atomic E-state index is -6.00. The fourth-order valence-corrected chi connectivity index (χ4v) is 0.755. The Balaban J connectivity index is 0.000000292. The van der Waals surface area contributed by atoms with Crippen molar-refractivity contribution in [2.45, 2.75) is 19.9 Å². The molecule has 0 aromatic carbocycles. The molecule has 0 aliphatic heterocycles. The van der Waals surface area contributed by atoms with E-state index in [2.05, 4.69) is 16.5 Å². The van der Waals surface area contributed by atoms with Crippen LogP contribution >= 0.6 is 0 Å². The Morgan fingerprint density at radius 3 is 1.93 bits per heavy atom. The highest BCUT2D eigenvalue weighted by Gasteiger charge is 2.20. The van der Waals surface area contributed by atoms with E-state index in [0.717, 1.165) is 6.54 Å². The Morgan fingerprint density at radius 2 is 1.57 bits per heavy atom. The molecule has 14 heavy (non-hydrogen) atoms. The van der Waals surface area contributed by atoms with Crippen LogP contribution in [0.1, 0.15) is 13.3 Å². The first kappa shape index (κ1) is 12.9. The topological polar surface area (TPSA) is 16.8 Å². The van der Waals surface area contributed by atoms with Crippen LogP contribution in [0.25, 0.3) is 0 Å². The summed E-state index contributed by atoms with van der Waals surface area (Å²) in [4.78, 5) is 3.91. The van der Waals surface area contributed by atoms with Gasteiger partial charge in [0.05, 0.1) is 12.4 Å². The largest absolute Gasteiger partial charge is 0.673 e. The SMILES string of the molecule is CCC[n+]1ccncc1.F[B-](F)(F)F. The number of hydrogen-bond acceptors (Lipinski definition) is 1. The predicted octanol–water partition coefficient (Wildman–Crippen LogP) is 2.08. The lowest BCUT2D eigenvalue weighted by atomic mass is 10.3. The zero-order valence-corrected chi connectivity index (χ0v) is 7.71. The lowest BCUT2D eigenvalue weighted by molar-refractivity contribution is -0.697. The standard InChI is InChI=1S/C7H11N2.BF4/c1-2-5-9-6-3-8-4-7-9;2-1(3,4)5/h3-4,6-7H,2,5H2,1H3;/q+1;-1. The molecule has 1 aromatic heterocycles. The molecule has 1 aromatic rings. The van der Waals surface area contributed by atoms with E-state index in [1.165, 1.54) is 6.42 Å². The molecule has 1 heterocycles. The summed E-state index contributed by atoms with van der Waals surface area (Å²) in [6, 6.07) is 0. The van der Waals surface area contributed by atoms with Crippen molar-refractivity contribution in [1.82, 2.24) is 4.98 Å². The molecule has 7 heteroatoms. The van der Waals surface area contributed by atoms with Gasteiger partial charge in [-0.05, 0) is 0 Å². The van der Waals surface area contributed by atoms with Gasteiger partial charge in [0, 0.05) is 6.42 Å². The first-order valence-electron chi connectivity index (χ1n) is 4.10. The third kappa shape index (κ3) is 10.9. The van der Waals surface area contributed by atoms with Gasteiger partial charge in [-0.3, -0.25) is 4.98 Å². The summed E-state index contributed by atoms with van der Waals surface area (Å²) in [6.45, 7) is 3.25. The van der Waals surface area contributed by atoms with Crippen molar-refractivity contribution in [3.63, 3.8) is 0 Å². The molecule has 0 aliphatic rings. The Hall–Kier alpha value is -1.14. The van der Waals surface area contributed by atoms with E-state index in [1.54, 1.807) is 12.4 Å². The Morgan fingerprint density at radius 1 is 1.14 bits per heavy atom. The van der Waals surface area contributed by atoms with Gasteiger partial charge in [-0.2, -0.15) is 0 Å². The molecule has 0 aliphatic carbocycles. The maximum Gasteiger partial charge on any atom is 0.673 e. The number of aryl methyl sites for hydroxylation is 1. The summed E-state index contributed by atoms with van der Waals surface area (Å²) in [5.41, 5.74) is 0. The smallest absolute Gasteiger partial charge is 0.418 e.